The van der Waals surface area contributed by atoms with Crippen LogP contribution in [0, 0.1) is 25.7 Å². The fourth-order valence-corrected chi connectivity index (χ4v) is 5.71. The number of benzene rings is 2. The van der Waals surface area contributed by atoms with Gasteiger partial charge in [0.25, 0.3) is 20.0 Å². The molecule has 1 fully saturated rings. The predicted molar refractivity (Wildman–Crippen MR) is 179 cm³/mol. The van der Waals surface area contributed by atoms with Crippen molar-refractivity contribution in [1.29, 1.82) is 0 Å². The molecule has 0 aromatic heterocycles. The number of hydrazone groups is 1. The second kappa shape index (κ2) is 17.1. The molecule has 2 aliphatic carbocycles. The molecule has 4 rings (SSSR count). The number of hydrogen-bond donors (Lipinski definition) is 4. The van der Waals surface area contributed by atoms with Gasteiger partial charge in [-0.1, -0.05) is 49.2 Å². The van der Waals surface area contributed by atoms with Crippen LogP contribution < -0.4 is 15.5 Å². The van der Waals surface area contributed by atoms with Gasteiger partial charge in [-0.05, 0) is 51.0 Å². The molecule has 0 aliphatic heterocycles. The Bertz CT molecular complexity index is 1750. The van der Waals surface area contributed by atoms with Gasteiger partial charge in [-0.15, -0.1) is 0 Å². The van der Waals surface area contributed by atoms with Gasteiger partial charge in [0.2, 0.25) is 0 Å². The lowest BCUT2D eigenvalue weighted by atomic mass is 9.85. The SMILES string of the molecule is CC1CCC(=O)/C(=C/N(C)C)C1=O.Cc1ccc(S(=O)(=O)NN)cc1.Cc1ccc(S(=O)(=O)NN=CC2=C(O)C(C)CCC2=O)cc1. The third-order valence-corrected chi connectivity index (χ3v) is 9.68. The minimum absolute atomic E-state index is 0.00361. The van der Waals surface area contributed by atoms with E-state index in [-0.39, 0.29) is 50.3 Å². The van der Waals surface area contributed by atoms with Crippen LogP contribution in [0.25, 0.3) is 0 Å². The number of ketones is 3. The number of rotatable bonds is 7. The van der Waals surface area contributed by atoms with E-state index < -0.39 is 20.0 Å². The van der Waals surface area contributed by atoms with Crippen molar-refractivity contribution in [2.75, 3.05) is 14.1 Å². The van der Waals surface area contributed by atoms with Crippen LogP contribution in [0.15, 0.2) is 86.5 Å². The van der Waals surface area contributed by atoms with Crippen LogP contribution in [0.5, 0.6) is 0 Å². The van der Waals surface area contributed by atoms with Crippen molar-refractivity contribution < 1.29 is 36.3 Å². The molecule has 2 atom stereocenters. The van der Waals surface area contributed by atoms with Crippen LogP contribution in [-0.4, -0.2) is 64.5 Å². The summed E-state index contributed by atoms with van der Waals surface area (Å²) in [5.74, 6) is 4.40. The number of aliphatic hydroxyl groups excluding tert-OH is 1. The van der Waals surface area contributed by atoms with E-state index in [0.29, 0.717) is 31.3 Å². The van der Waals surface area contributed by atoms with E-state index in [4.69, 9.17) is 5.84 Å². The van der Waals surface area contributed by atoms with Crippen molar-refractivity contribution in [3.8, 4) is 0 Å². The van der Waals surface area contributed by atoms with Gasteiger partial charge < -0.3 is 10.0 Å². The maximum absolute atomic E-state index is 12.0. The first kappa shape index (κ1) is 39.0. The first-order valence-corrected chi connectivity index (χ1v) is 17.7. The van der Waals surface area contributed by atoms with Gasteiger partial charge in [-0.25, -0.2) is 13.2 Å². The molecule has 256 valence electrons. The van der Waals surface area contributed by atoms with Crippen LogP contribution >= 0.6 is 0 Å². The standard InChI is InChI=1S/C15H18N2O4S.C10H15NO2.C7H10N2O2S/c1-10-3-6-12(7-4-10)22(20,21)17-16-9-13-14(18)8-5-11(2)15(13)19;1-7-4-5-9(12)8(10(7)13)6-11(2)3;1-6-2-4-7(5-3-6)12(10,11)9-8/h3-4,6-7,9,11,17,19H,5,8H2,1-2H3;6-7H,4-5H2,1-3H3;2-5,9H,8H2,1H3/b;8-6-;. The molecule has 2 aliphatic rings. The lowest BCUT2D eigenvalue weighted by molar-refractivity contribution is -0.126. The lowest BCUT2D eigenvalue weighted by Crippen LogP contribution is -2.30. The molecule has 15 heteroatoms. The molecular weight excluding hydrogens is 647 g/mol. The summed E-state index contributed by atoms with van der Waals surface area (Å²) in [6.07, 6.45) is 4.79. The molecule has 1 saturated carbocycles. The summed E-state index contributed by atoms with van der Waals surface area (Å²) in [6, 6.07) is 12.7. The Balaban J connectivity index is 0.000000263. The van der Waals surface area contributed by atoms with Crippen LogP contribution in [0.1, 0.15) is 50.7 Å². The van der Waals surface area contributed by atoms with Crippen LogP contribution in [-0.2, 0) is 34.4 Å². The first-order valence-electron chi connectivity index (χ1n) is 14.7. The van der Waals surface area contributed by atoms with Crippen molar-refractivity contribution >= 4 is 43.6 Å². The van der Waals surface area contributed by atoms with E-state index >= 15 is 0 Å². The third kappa shape index (κ3) is 11.5. The number of nitrogens with two attached hydrogens (primary N) is 1. The number of aryl methyl sites for hydroxylation is 2. The molecule has 0 saturated heterocycles. The zero-order chi connectivity index (χ0) is 35.5. The fraction of sp³-hybridized carbons (Fsp3) is 0.375. The van der Waals surface area contributed by atoms with Gasteiger partial charge in [0.1, 0.15) is 5.76 Å². The Hall–Kier alpha value is -4.18. The molecule has 13 nitrogen and oxygen atoms in total. The Morgan fingerprint density at radius 1 is 0.809 bits per heavy atom. The number of sulfonamides is 2. The van der Waals surface area contributed by atoms with Crippen molar-refractivity contribution in [1.82, 2.24) is 14.6 Å². The summed E-state index contributed by atoms with van der Waals surface area (Å²) in [6.45, 7) is 7.41. The minimum Gasteiger partial charge on any atom is -0.511 e. The van der Waals surface area contributed by atoms with E-state index in [0.717, 1.165) is 17.3 Å². The van der Waals surface area contributed by atoms with E-state index in [1.807, 2.05) is 39.7 Å². The number of carbonyl (C=O) groups excluding carboxylic acids is 3. The lowest BCUT2D eigenvalue weighted by Gasteiger charge is -2.19. The van der Waals surface area contributed by atoms with E-state index in [1.165, 1.54) is 24.3 Å². The van der Waals surface area contributed by atoms with Gasteiger partial charge in [0.05, 0.1) is 27.2 Å². The molecule has 5 N–H and O–H groups in total. The van der Waals surface area contributed by atoms with E-state index in [1.54, 1.807) is 47.1 Å². The van der Waals surface area contributed by atoms with Gasteiger partial charge >= 0.3 is 0 Å². The molecule has 0 spiro atoms. The summed E-state index contributed by atoms with van der Waals surface area (Å²) in [5.41, 5.74) is 2.37. The van der Waals surface area contributed by atoms with Crippen LogP contribution in [0.4, 0.5) is 0 Å². The molecule has 47 heavy (non-hydrogen) atoms. The van der Waals surface area contributed by atoms with E-state index in [9.17, 15) is 36.3 Å². The summed E-state index contributed by atoms with van der Waals surface area (Å²) in [4.78, 5) is 40.4. The van der Waals surface area contributed by atoms with Gasteiger partial charge in [0.15, 0.2) is 17.3 Å². The molecule has 2 aromatic rings. The molecule has 0 heterocycles. The van der Waals surface area contributed by atoms with E-state index in [2.05, 4.69) is 5.10 Å². The van der Waals surface area contributed by atoms with Gasteiger partial charge in [0, 0.05) is 45.0 Å². The number of nitrogens with zero attached hydrogens (tertiary/aromatic N) is 2. The normalized spacial score (nSPS) is 19.6. The quantitative estimate of drug-likeness (QED) is 0.110. The van der Waals surface area contributed by atoms with Crippen molar-refractivity contribution in [2.45, 2.75) is 63.2 Å². The zero-order valence-corrected chi connectivity index (χ0v) is 29.0. The topological polar surface area (TPSA) is 205 Å². The molecule has 2 unspecified atom stereocenters. The molecule has 0 amide bonds. The number of aliphatic hydroxyl groups is 1. The minimum atomic E-state index is -3.79. The van der Waals surface area contributed by atoms with Crippen molar-refractivity contribution in [3.63, 3.8) is 0 Å². The number of nitrogens with one attached hydrogen (secondary N) is 2. The number of allylic oxidation sites excluding steroid dienone is 3. The number of Topliss-reactive ketones (excluding diaryl/α,β-unsaturated/α-hetero) is 3. The highest BCUT2D eigenvalue weighted by Crippen LogP contribution is 2.25. The number of carbonyl (C=O) groups is 3. The predicted octanol–water partition coefficient (Wildman–Crippen LogP) is 3.22. The number of hydrazine groups is 1. The Morgan fingerprint density at radius 2 is 1.28 bits per heavy atom. The molecular formula is C32H43N5O8S2. The second-order valence-corrected chi connectivity index (χ2v) is 14.9. The summed E-state index contributed by atoms with van der Waals surface area (Å²) in [7, 11) is -3.65. The Kier molecular flexibility index (Phi) is 14.2. The average molecular weight is 690 g/mol. The summed E-state index contributed by atoms with van der Waals surface area (Å²) >= 11 is 0. The highest BCUT2D eigenvalue weighted by Gasteiger charge is 2.29. The highest BCUT2D eigenvalue weighted by molar-refractivity contribution is 7.89. The van der Waals surface area contributed by atoms with Gasteiger partial charge in [-0.2, -0.15) is 18.4 Å². The molecule has 2 aromatic carbocycles. The third-order valence-electron chi connectivity index (χ3n) is 7.24. The maximum atomic E-state index is 12.0. The highest BCUT2D eigenvalue weighted by atomic mass is 32.2. The van der Waals surface area contributed by atoms with Crippen molar-refractivity contribution in [2.24, 2.45) is 22.8 Å². The first-order chi connectivity index (χ1) is 21.9. The summed E-state index contributed by atoms with van der Waals surface area (Å²) in [5, 5.41) is 13.5. The zero-order valence-electron chi connectivity index (χ0n) is 27.3. The van der Waals surface area contributed by atoms with Crippen LogP contribution in [0.3, 0.4) is 0 Å². The Morgan fingerprint density at radius 3 is 1.77 bits per heavy atom. The monoisotopic (exact) mass is 689 g/mol. The van der Waals surface area contributed by atoms with Crippen molar-refractivity contribution in [3.05, 3.63) is 82.8 Å². The second-order valence-electron chi connectivity index (χ2n) is 11.5. The maximum Gasteiger partial charge on any atom is 0.276 e. The number of hydrogen-bond acceptors (Lipinski definition) is 11. The smallest absolute Gasteiger partial charge is 0.276 e. The van der Waals surface area contributed by atoms with Gasteiger partial charge in [-0.3, -0.25) is 20.2 Å². The average Bonchev–Trinajstić information content (AvgIpc) is 3.02. The summed E-state index contributed by atoms with van der Waals surface area (Å²) < 4.78 is 46.2. The fourth-order valence-electron chi connectivity index (χ4n) is 4.29. The van der Waals surface area contributed by atoms with Crippen LogP contribution in [0.2, 0.25) is 0 Å². The largest absolute Gasteiger partial charge is 0.511 e. The molecule has 0 bridgehead atoms. The Labute approximate surface area is 276 Å². The molecule has 0 radical (unpaired) electrons.